The average molecular weight is 360 g/mol. The van der Waals surface area contributed by atoms with E-state index < -0.39 is 0 Å². The van der Waals surface area contributed by atoms with Crippen LogP contribution in [0.1, 0.15) is 37.4 Å². The molecule has 0 fully saturated rings. The van der Waals surface area contributed by atoms with Crippen LogP contribution >= 0.6 is 15.9 Å². The van der Waals surface area contributed by atoms with Gasteiger partial charge in [-0.05, 0) is 35.6 Å². The fourth-order valence-electron chi connectivity index (χ4n) is 2.51. The summed E-state index contributed by atoms with van der Waals surface area (Å²) in [6.45, 7) is 4.35. The summed E-state index contributed by atoms with van der Waals surface area (Å²) in [4.78, 5) is 12.4. The van der Waals surface area contributed by atoms with Crippen molar-refractivity contribution in [3.8, 4) is 0 Å². The molecule has 2 nitrogen and oxygen atoms in total. The molecule has 2 aromatic carbocycles. The van der Waals surface area contributed by atoms with Crippen molar-refractivity contribution < 1.29 is 4.79 Å². The molecule has 1 atom stereocenters. The third-order valence-corrected chi connectivity index (χ3v) is 3.99. The molecule has 116 valence electrons. The molecule has 0 aliphatic rings. The molecule has 2 aromatic rings. The summed E-state index contributed by atoms with van der Waals surface area (Å²) in [7, 11) is 0. The van der Waals surface area contributed by atoms with E-state index in [1.165, 1.54) is 5.56 Å². The van der Waals surface area contributed by atoms with Gasteiger partial charge in [-0.2, -0.15) is 0 Å². The van der Waals surface area contributed by atoms with E-state index in [-0.39, 0.29) is 11.9 Å². The molecule has 3 heteroatoms. The van der Waals surface area contributed by atoms with Gasteiger partial charge in [0.2, 0.25) is 5.91 Å². The van der Waals surface area contributed by atoms with Crippen molar-refractivity contribution >= 4 is 21.8 Å². The van der Waals surface area contributed by atoms with Gasteiger partial charge in [0, 0.05) is 4.47 Å². The van der Waals surface area contributed by atoms with Crippen LogP contribution < -0.4 is 5.32 Å². The van der Waals surface area contributed by atoms with Crippen LogP contribution in [0.4, 0.5) is 0 Å². The predicted octanol–water partition coefficient (Wildman–Crippen LogP) is 4.90. The second-order valence-electron chi connectivity index (χ2n) is 5.97. The number of rotatable bonds is 6. The predicted molar refractivity (Wildman–Crippen MR) is 94.6 cm³/mol. The average Bonchev–Trinajstić information content (AvgIpc) is 2.47. The van der Waals surface area contributed by atoms with Crippen molar-refractivity contribution in [1.29, 1.82) is 0 Å². The zero-order chi connectivity index (χ0) is 15.9. The van der Waals surface area contributed by atoms with E-state index in [2.05, 4.69) is 47.2 Å². The van der Waals surface area contributed by atoms with Crippen LogP contribution in [0.2, 0.25) is 0 Å². The van der Waals surface area contributed by atoms with Gasteiger partial charge in [0.1, 0.15) is 0 Å². The van der Waals surface area contributed by atoms with E-state index in [0.717, 1.165) is 16.5 Å². The second-order valence-corrected chi connectivity index (χ2v) is 6.88. The number of halogens is 1. The van der Waals surface area contributed by atoms with Gasteiger partial charge in [0.15, 0.2) is 0 Å². The highest BCUT2D eigenvalue weighted by Crippen LogP contribution is 2.21. The summed E-state index contributed by atoms with van der Waals surface area (Å²) in [5, 5.41) is 3.18. The summed E-state index contributed by atoms with van der Waals surface area (Å²) >= 11 is 3.44. The first-order chi connectivity index (χ1) is 10.5. The van der Waals surface area contributed by atoms with E-state index >= 15 is 0 Å². The number of amides is 1. The Morgan fingerprint density at radius 1 is 1.09 bits per heavy atom. The molecule has 0 radical (unpaired) electrons. The highest BCUT2D eigenvalue weighted by molar-refractivity contribution is 9.10. The van der Waals surface area contributed by atoms with Crippen LogP contribution in [0.15, 0.2) is 59.1 Å². The highest BCUT2D eigenvalue weighted by atomic mass is 79.9. The standard InChI is InChI=1S/C19H22BrNO/c1-14(2)11-18(16-8-4-3-5-9-16)21-19(22)13-15-7-6-10-17(20)12-15/h3-10,12,14,18H,11,13H2,1-2H3,(H,21,22). The Morgan fingerprint density at radius 3 is 2.45 bits per heavy atom. The molecule has 22 heavy (non-hydrogen) atoms. The van der Waals surface area contributed by atoms with Crippen LogP contribution in [0.25, 0.3) is 0 Å². The second kappa shape index (κ2) is 8.14. The summed E-state index contributed by atoms with van der Waals surface area (Å²) in [5.74, 6) is 0.587. The number of carbonyl (C=O) groups excluding carboxylic acids is 1. The van der Waals surface area contributed by atoms with E-state index in [0.29, 0.717) is 12.3 Å². The lowest BCUT2D eigenvalue weighted by Gasteiger charge is -2.21. The third-order valence-electron chi connectivity index (χ3n) is 3.50. The van der Waals surface area contributed by atoms with Crippen LogP contribution in [0, 0.1) is 5.92 Å². The highest BCUT2D eigenvalue weighted by Gasteiger charge is 2.16. The lowest BCUT2D eigenvalue weighted by atomic mass is 9.96. The number of hydrogen-bond donors (Lipinski definition) is 1. The maximum Gasteiger partial charge on any atom is 0.224 e. The number of carbonyl (C=O) groups is 1. The molecule has 1 amide bonds. The quantitative estimate of drug-likeness (QED) is 0.780. The Labute approximate surface area is 141 Å². The lowest BCUT2D eigenvalue weighted by molar-refractivity contribution is -0.121. The summed E-state index contributed by atoms with van der Waals surface area (Å²) in [5.41, 5.74) is 2.18. The molecular weight excluding hydrogens is 338 g/mol. The first-order valence-corrected chi connectivity index (χ1v) is 8.42. The SMILES string of the molecule is CC(C)CC(NC(=O)Cc1cccc(Br)c1)c1ccccc1. The first-order valence-electron chi connectivity index (χ1n) is 7.63. The van der Waals surface area contributed by atoms with Crippen molar-refractivity contribution in [1.82, 2.24) is 5.32 Å². The molecule has 0 aliphatic carbocycles. The van der Waals surface area contributed by atoms with Crippen LogP contribution in [-0.2, 0) is 11.2 Å². The van der Waals surface area contributed by atoms with Crippen molar-refractivity contribution in [2.75, 3.05) is 0 Å². The van der Waals surface area contributed by atoms with Gasteiger partial charge in [-0.15, -0.1) is 0 Å². The maximum absolute atomic E-state index is 12.4. The van der Waals surface area contributed by atoms with Gasteiger partial charge >= 0.3 is 0 Å². The first kappa shape index (κ1) is 16.8. The van der Waals surface area contributed by atoms with Gasteiger partial charge in [-0.3, -0.25) is 4.79 Å². The fraction of sp³-hybridized carbons (Fsp3) is 0.316. The van der Waals surface area contributed by atoms with Crippen molar-refractivity contribution in [2.45, 2.75) is 32.7 Å². The monoisotopic (exact) mass is 359 g/mol. The van der Waals surface area contributed by atoms with E-state index in [1.807, 2.05) is 42.5 Å². The molecule has 1 unspecified atom stereocenters. The molecule has 0 saturated heterocycles. The Morgan fingerprint density at radius 2 is 1.82 bits per heavy atom. The van der Waals surface area contributed by atoms with Crippen molar-refractivity contribution in [3.05, 3.63) is 70.2 Å². The Bertz CT molecular complexity index is 610. The molecule has 0 aromatic heterocycles. The zero-order valence-electron chi connectivity index (χ0n) is 13.1. The van der Waals surface area contributed by atoms with E-state index in [4.69, 9.17) is 0 Å². The Hall–Kier alpha value is -1.61. The van der Waals surface area contributed by atoms with Crippen LogP contribution in [-0.4, -0.2) is 5.91 Å². The normalized spacial score (nSPS) is 12.2. The van der Waals surface area contributed by atoms with Crippen molar-refractivity contribution in [2.24, 2.45) is 5.92 Å². The molecule has 0 heterocycles. The van der Waals surface area contributed by atoms with Gasteiger partial charge in [-0.25, -0.2) is 0 Å². The molecule has 0 bridgehead atoms. The Balaban J connectivity index is 2.05. The zero-order valence-corrected chi connectivity index (χ0v) is 14.6. The summed E-state index contributed by atoms with van der Waals surface area (Å²) < 4.78 is 1.000. The van der Waals surface area contributed by atoms with Crippen LogP contribution in [0.3, 0.4) is 0 Å². The van der Waals surface area contributed by atoms with E-state index in [9.17, 15) is 4.79 Å². The number of hydrogen-bond acceptors (Lipinski definition) is 1. The smallest absolute Gasteiger partial charge is 0.224 e. The van der Waals surface area contributed by atoms with Gasteiger partial charge in [0.25, 0.3) is 0 Å². The minimum absolute atomic E-state index is 0.0626. The minimum Gasteiger partial charge on any atom is -0.349 e. The summed E-state index contributed by atoms with van der Waals surface area (Å²) in [6.07, 6.45) is 1.34. The molecule has 2 rings (SSSR count). The van der Waals surface area contributed by atoms with Gasteiger partial charge in [-0.1, -0.05) is 72.2 Å². The molecular formula is C19H22BrNO. The maximum atomic E-state index is 12.4. The van der Waals surface area contributed by atoms with Crippen molar-refractivity contribution in [3.63, 3.8) is 0 Å². The van der Waals surface area contributed by atoms with Gasteiger partial charge < -0.3 is 5.32 Å². The summed E-state index contributed by atoms with van der Waals surface area (Å²) in [6, 6.07) is 18.1. The minimum atomic E-state index is 0.0626. The lowest BCUT2D eigenvalue weighted by Crippen LogP contribution is -2.30. The topological polar surface area (TPSA) is 29.1 Å². The largest absolute Gasteiger partial charge is 0.349 e. The number of benzene rings is 2. The van der Waals surface area contributed by atoms with E-state index in [1.54, 1.807) is 0 Å². The molecule has 1 N–H and O–H groups in total. The Kier molecular flexibility index (Phi) is 6.20. The molecule has 0 saturated carbocycles. The van der Waals surface area contributed by atoms with Gasteiger partial charge in [0.05, 0.1) is 12.5 Å². The third kappa shape index (κ3) is 5.30. The molecule has 0 spiro atoms. The van der Waals surface area contributed by atoms with Crippen LogP contribution in [0.5, 0.6) is 0 Å². The number of nitrogens with one attached hydrogen (secondary N) is 1. The fourth-order valence-corrected chi connectivity index (χ4v) is 2.96. The molecule has 0 aliphatic heterocycles.